The summed E-state index contributed by atoms with van der Waals surface area (Å²) in [5.41, 5.74) is 3.63. The van der Waals surface area contributed by atoms with Gasteiger partial charge in [-0.2, -0.15) is 0 Å². The number of amides is 1. The van der Waals surface area contributed by atoms with Crippen LogP contribution in [0.25, 0.3) is 11.1 Å². The second kappa shape index (κ2) is 8.78. The highest BCUT2D eigenvalue weighted by atomic mass is 16.3. The average Bonchev–Trinajstić information content (AvgIpc) is 2.76. The van der Waals surface area contributed by atoms with Crippen LogP contribution in [0.15, 0.2) is 54.6 Å². The van der Waals surface area contributed by atoms with Crippen molar-refractivity contribution in [2.24, 2.45) is 5.92 Å². The lowest BCUT2D eigenvalue weighted by Gasteiger charge is -2.35. The van der Waals surface area contributed by atoms with Crippen molar-refractivity contribution in [1.29, 1.82) is 0 Å². The summed E-state index contributed by atoms with van der Waals surface area (Å²) in [6, 6.07) is 19.3. The van der Waals surface area contributed by atoms with Gasteiger partial charge in [0.25, 0.3) is 0 Å². The molecule has 2 fully saturated rings. The fourth-order valence-electron chi connectivity index (χ4n) is 4.46. The lowest BCUT2D eigenvalue weighted by Crippen LogP contribution is -2.47. The third kappa shape index (κ3) is 4.56. The van der Waals surface area contributed by atoms with Crippen molar-refractivity contribution in [3.63, 3.8) is 0 Å². The predicted molar refractivity (Wildman–Crippen MR) is 113 cm³/mol. The Labute approximate surface area is 167 Å². The van der Waals surface area contributed by atoms with Crippen LogP contribution in [0, 0.1) is 5.92 Å². The van der Waals surface area contributed by atoms with Crippen LogP contribution in [-0.4, -0.2) is 36.2 Å². The van der Waals surface area contributed by atoms with Crippen molar-refractivity contribution in [3.8, 4) is 11.1 Å². The van der Waals surface area contributed by atoms with Crippen LogP contribution in [0.5, 0.6) is 0 Å². The highest BCUT2D eigenvalue weighted by Crippen LogP contribution is 2.27. The topological polar surface area (TPSA) is 52.6 Å². The molecule has 1 aliphatic carbocycles. The van der Waals surface area contributed by atoms with E-state index in [2.05, 4.69) is 58.7 Å². The monoisotopic (exact) mass is 378 g/mol. The first-order valence-corrected chi connectivity index (χ1v) is 10.6. The number of aliphatic hydroxyl groups is 1. The Hall–Kier alpha value is -2.33. The molecule has 1 unspecified atom stereocenters. The van der Waals surface area contributed by atoms with E-state index in [1.807, 2.05) is 6.07 Å². The summed E-state index contributed by atoms with van der Waals surface area (Å²) in [5, 5.41) is 12.9. The molecule has 28 heavy (non-hydrogen) atoms. The van der Waals surface area contributed by atoms with Crippen LogP contribution in [0.2, 0.25) is 0 Å². The maximum atomic E-state index is 12.8. The first-order chi connectivity index (χ1) is 13.7. The zero-order valence-electron chi connectivity index (χ0n) is 16.4. The van der Waals surface area contributed by atoms with E-state index in [4.69, 9.17) is 0 Å². The number of hydrogen-bond donors (Lipinski definition) is 2. The zero-order chi connectivity index (χ0) is 19.3. The Morgan fingerprint density at radius 1 is 0.893 bits per heavy atom. The van der Waals surface area contributed by atoms with E-state index in [-0.39, 0.29) is 24.0 Å². The lowest BCUT2D eigenvalue weighted by molar-refractivity contribution is -0.126. The summed E-state index contributed by atoms with van der Waals surface area (Å²) < 4.78 is 0. The Balaban J connectivity index is 1.36. The molecule has 1 saturated carbocycles. The number of nitrogens with one attached hydrogen (secondary N) is 1. The Morgan fingerprint density at radius 2 is 1.57 bits per heavy atom. The van der Waals surface area contributed by atoms with Gasteiger partial charge in [0, 0.05) is 24.8 Å². The van der Waals surface area contributed by atoms with E-state index in [1.54, 1.807) is 0 Å². The Kier molecular flexibility index (Phi) is 5.96. The molecule has 1 aliphatic heterocycles. The van der Waals surface area contributed by atoms with E-state index in [0.717, 1.165) is 51.6 Å². The smallest absolute Gasteiger partial charge is 0.225 e. The van der Waals surface area contributed by atoms with Crippen molar-refractivity contribution in [3.05, 3.63) is 54.6 Å². The van der Waals surface area contributed by atoms with Gasteiger partial charge in [-0.3, -0.25) is 4.79 Å². The van der Waals surface area contributed by atoms with Gasteiger partial charge in [-0.05, 0) is 61.8 Å². The van der Waals surface area contributed by atoms with E-state index in [9.17, 15) is 9.90 Å². The molecule has 0 radical (unpaired) electrons. The van der Waals surface area contributed by atoms with Gasteiger partial charge in [0.15, 0.2) is 0 Å². The molecular formula is C24H30N2O2. The third-order valence-electron chi connectivity index (χ3n) is 6.17. The van der Waals surface area contributed by atoms with E-state index in [0.29, 0.717) is 0 Å². The van der Waals surface area contributed by atoms with Crippen molar-refractivity contribution < 1.29 is 9.90 Å². The largest absolute Gasteiger partial charge is 0.393 e. The minimum atomic E-state index is -0.183. The number of aliphatic hydroxyl groups excluding tert-OH is 1. The fourth-order valence-corrected chi connectivity index (χ4v) is 4.46. The number of rotatable bonds is 4. The molecule has 2 aromatic rings. The molecule has 4 nitrogen and oxygen atoms in total. The van der Waals surface area contributed by atoms with Gasteiger partial charge in [-0.25, -0.2) is 0 Å². The van der Waals surface area contributed by atoms with Gasteiger partial charge in [-0.15, -0.1) is 0 Å². The molecule has 1 atom stereocenters. The highest BCUT2D eigenvalue weighted by molar-refractivity contribution is 5.80. The first-order valence-electron chi connectivity index (χ1n) is 10.6. The maximum Gasteiger partial charge on any atom is 0.225 e. The summed E-state index contributed by atoms with van der Waals surface area (Å²) in [4.78, 5) is 15.1. The number of nitrogens with zero attached hydrogens (tertiary/aromatic N) is 1. The first kappa shape index (κ1) is 19.0. The summed E-state index contributed by atoms with van der Waals surface area (Å²) in [5.74, 6) is 0.237. The highest BCUT2D eigenvalue weighted by Gasteiger charge is 2.28. The van der Waals surface area contributed by atoms with Crippen molar-refractivity contribution >= 4 is 11.6 Å². The molecule has 1 amide bonds. The average molecular weight is 379 g/mol. The SMILES string of the molecule is O=C(NC1CCC(O)CC1)C1CCCN(c2ccc(-c3ccccc3)cc2)C1. The molecule has 148 valence electrons. The summed E-state index contributed by atoms with van der Waals surface area (Å²) in [6.45, 7) is 1.79. The molecule has 0 spiro atoms. The molecular weight excluding hydrogens is 348 g/mol. The number of carbonyl (C=O) groups excluding carboxylic acids is 1. The molecule has 0 bridgehead atoms. The van der Waals surface area contributed by atoms with Crippen molar-refractivity contribution in [2.45, 2.75) is 50.7 Å². The number of piperidine rings is 1. The van der Waals surface area contributed by atoms with Gasteiger partial charge in [0.05, 0.1) is 12.0 Å². The summed E-state index contributed by atoms with van der Waals surface area (Å²) >= 11 is 0. The quantitative estimate of drug-likeness (QED) is 0.846. The van der Waals surface area contributed by atoms with E-state index in [1.165, 1.54) is 16.8 Å². The Morgan fingerprint density at radius 3 is 2.29 bits per heavy atom. The van der Waals surface area contributed by atoms with Crippen LogP contribution in [0.3, 0.4) is 0 Å². The van der Waals surface area contributed by atoms with Crippen LogP contribution >= 0.6 is 0 Å². The van der Waals surface area contributed by atoms with Crippen LogP contribution < -0.4 is 10.2 Å². The predicted octanol–water partition coefficient (Wildman–Crippen LogP) is 3.99. The second-order valence-corrected chi connectivity index (χ2v) is 8.21. The van der Waals surface area contributed by atoms with Gasteiger partial charge < -0.3 is 15.3 Å². The van der Waals surface area contributed by atoms with Crippen LogP contribution in [-0.2, 0) is 4.79 Å². The van der Waals surface area contributed by atoms with Crippen molar-refractivity contribution in [2.75, 3.05) is 18.0 Å². The number of hydrogen-bond acceptors (Lipinski definition) is 3. The summed E-state index contributed by atoms with van der Waals surface area (Å²) in [6.07, 6.45) is 5.21. The second-order valence-electron chi connectivity index (χ2n) is 8.21. The third-order valence-corrected chi connectivity index (χ3v) is 6.17. The molecule has 2 aromatic carbocycles. The van der Waals surface area contributed by atoms with Crippen LogP contribution in [0.4, 0.5) is 5.69 Å². The zero-order valence-corrected chi connectivity index (χ0v) is 16.4. The minimum absolute atomic E-state index is 0.0504. The molecule has 2 aliphatic rings. The van der Waals surface area contributed by atoms with Gasteiger partial charge in [0.1, 0.15) is 0 Å². The van der Waals surface area contributed by atoms with Gasteiger partial charge >= 0.3 is 0 Å². The maximum absolute atomic E-state index is 12.8. The molecule has 4 rings (SSSR count). The minimum Gasteiger partial charge on any atom is -0.393 e. The van der Waals surface area contributed by atoms with Gasteiger partial charge in [-0.1, -0.05) is 42.5 Å². The molecule has 1 saturated heterocycles. The number of benzene rings is 2. The fraction of sp³-hybridized carbons (Fsp3) is 0.458. The summed E-state index contributed by atoms with van der Waals surface area (Å²) in [7, 11) is 0. The van der Waals surface area contributed by atoms with E-state index < -0.39 is 0 Å². The van der Waals surface area contributed by atoms with Crippen LogP contribution in [0.1, 0.15) is 38.5 Å². The van der Waals surface area contributed by atoms with Gasteiger partial charge in [0.2, 0.25) is 5.91 Å². The number of carbonyl (C=O) groups is 1. The molecule has 1 heterocycles. The normalized spacial score (nSPS) is 25.3. The molecule has 2 N–H and O–H groups in total. The Bertz CT molecular complexity index is 767. The number of anilines is 1. The standard InChI is InChI=1S/C24H30N2O2/c27-23-14-10-21(11-15-23)25-24(28)20-7-4-16-26(17-20)22-12-8-19(9-13-22)18-5-2-1-3-6-18/h1-3,5-6,8-9,12-13,20-21,23,27H,4,7,10-11,14-17H2,(H,25,28). The van der Waals surface area contributed by atoms with Crippen molar-refractivity contribution in [1.82, 2.24) is 5.32 Å². The molecule has 4 heteroatoms. The van der Waals surface area contributed by atoms with E-state index >= 15 is 0 Å². The lowest BCUT2D eigenvalue weighted by atomic mass is 9.91. The molecule has 0 aromatic heterocycles.